The van der Waals surface area contributed by atoms with Gasteiger partial charge in [0.05, 0.1) is 6.04 Å². The predicted octanol–water partition coefficient (Wildman–Crippen LogP) is 4.93. The van der Waals surface area contributed by atoms with Gasteiger partial charge in [-0.25, -0.2) is 0 Å². The van der Waals surface area contributed by atoms with Gasteiger partial charge in [-0.2, -0.15) is 0 Å². The first-order valence-corrected chi connectivity index (χ1v) is 9.69. The summed E-state index contributed by atoms with van der Waals surface area (Å²) in [6.07, 6.45) is 0. The standard InChI is InChI=1S/C20H20Cl2N4O/c1-14(19-23-24-20(27-19)15-4-2-5-16(21)12-15)25-8-10-26(11-9-25)18-7-3-6-17(22)13-18/h2-7,12-14H,8-11H2,1H3. The SMILES string of the molecule is CC(c1nnc(-c2cccc(Cl)c2)o1)N1CCN(c2cccc(Cl)c2)CC1. The fourth-order valence-electron chi connectivity index (χ4n) is 3.34. The van der Waals surface area contributed by atoms with Gasteiger partial charge in [-0.3, -0.25) is 4.90 Å². The lowest BCUT2D eigenvalue weighted by Gasteiger charge is -2.38. The van der Waals surface area contributed by atoms with Crippen molar-refractivity contribution in [1.29, 1.82) is 0 Å². The molecule has 1 unspecified atom stereocenters. The lowest BCUT2D eigenvalue weighted by Crippen LogP contribution is -2.47. The van der Waals surface area contributed by atoms with Crippen LogP contribution >= 0.6 is 23.2 Å². The largest absolute Gasteiger partial charge is 0.419 e. The van der Waals surface area contributed by atoms with E-state index in [1.54, 1.807) is 0 Å². The monoisotopic (exact) mass is 402 g/mol. The molecule has 1 atom stereocenters. The molecule has 0 spiro atoms. The van der Waals surface area contributed by atoms with Gasteiger partial charge in [-0.05, 0) is 43.3 Å². The molecule has 1 aliphatic heterocycles. The number of anilines is 1. The average molecular weight is 403 g/mol. The molecule has 2 aromatic carbocycles. The third-order valence-corrected chi connectivity index (χ3v) is 5.38. The highest BCUT2D eigenvalue weighted by molar-refractivity contribution is 6.31. The van der Waals surface area contributed by atoms with Crippen LogP contribution in [-0.4, -0.2) is 41.3 Å². The minimum atomic E-state index is 0.0620. The molecule has 27 heavy (non-hydrogen) atoms. The maximum atomic E-state index is 6.11. The molecule has 0 saturated carbocycles. The maximum Gasteiger partial charge on any atom is 0.247 e. The number of halogens is 2. The molecule has 4 rings (SSSR count). The Balaban J connectivity index is 1.42. The van der Waals surface area contributed by atoms with Crippen molar-refractivity contribution in [3.63, 3.8) is 0 Å². The Morgan fingerprint density at radius 1 is 0.926 bits per heavy atom. The molecule has 0 radical (unpaired) electrons. The molecule has 0 bridgehead atoms. The molecule has 0 N–H and O–H groups in total. The van der Waals surface area contributed by atoms with E-state index >= 15 is 0 Å². The van der Waals surface area contributed by atoms with Crippen molar-refractivity contribution >= 4 is 28.9 Å². The van der Waals surface area contributed by atoms with E-state index in [-0.39, 0.29) is 6.04 Å². The third kappa shape index (κ3) is 4.10. The minimum Gasteiger partial charge on any atom is -0.419 e. The van der Waals surface area contributed by atoms with Crippen LogP contribution in [0.5, 0.6) is 0 Å². The number of hydrogen-bond acceptors (Lipinski definition) is 5. The quantitative estimate of drug-likeness (QED) is 0.618. The Labute approximate surface area is 168 Å². The van der Waals surface area contributed by atoms with Crippen LogP contribution in [0.15, 0.2) is 52.9 Å². The van der Waals surface area contributed by atoms with Crippen molar-refractivity contribution in [3.8, 4) is 11.5 Å². The highest BCUT2D eigenvalue weighted by Gasteiger charge is 2.26. The summed E-state index contributed by atoms with van der Waals surface area (Å²) in [6, 6.07) is 15.5. The van der Waals surface area contributed by atoms with E-state index in [0.29, 0.717) is 16.8 Å². The summed E-state index contributed by atoms with van der Waals surface area (Å²) < 4.78 is 5.91. The molecule has 7 heteroatoms. The zero-order valence-corrected chi connectivity index (χ0v) is 16.5. The van der Waals surface area contributed by atoms with E-state index in [4.69, 9.17) is 27.6 Å². The van der Waals surface area contributed by atoms with Gasteiger partial charge in [0, 0.05) is 47.5 Å². The average Bonchev–Trinajstić information content (AvgIpc) is 3.18. The van der Waals surface area contributed by atoms with Crippen LogP contribution in [-0.2, 0) is 0 Å². The lowest BCUT2D eigenvalue weighted by atomic mass is 10.2. The Hall–Kier alpha value is -2.08. The zero-order chi connectivity index (χ0) is 18.8. The van der Waals surface area contributed by atoms with Crippen molar-refractivity contribution in [2.24, 2.45) is 0 Å². The van der Waals surface area contributed by atoms with Crippen molar-refractivity contribution in [2.75, 3.05) is 31.1 Å². The first kappa shape index (κ1) is 18.3. The molecular formula is C20H20Cl2N4O. The molecule has 140 valence electrons. The number of hydrogen-bond donors (Lipinski definition) is 0. The Bertz CT molecular complexity index is 922. The van der Waals surface area contributed by atoms with Gasteiger partial charge < -0.3 is 9.32 Å². The molecule has 0 aliphatic carbocycles. The Morgan fingerprint density at radius 2 is 1.63 bits per heavy atom. The van der Waals surface area contributed by atoms with Gasteiger partial charge in [0.2, 0.25) is 11.8 Å². The molecule has 1 saturated heterocycles. The maximum absolute atomic E-state index is 6.11. The van der Waals surface area contributed by atoms with E-state index in [1.807, 2.05) is 42.5 Å². The summed E-state index contributed by atoms with van der Waals surface area (Å²) in [4.78, 5) is 4.70. The summed E-state index contributed by atoms with van der Waals surface area (Å²) >= 11 is 12.2. The summed E-state index contributed by atoms with van der Waals surface area (Å²) in [5.41, 5.74) is 2.00. The van der Waals surface area contributed by atoms with Gasteiger partial charge in [0.1, 0.15) is 0 Å². The first-order chi connectivity index (χ1) is 13.1. The van der Waals surface area contributed by atoms with Crippen LogP contribution in [0.25, 0.3) is 11.5 Å². The molecule has 0 amide bonds. The molecule has 2 heterocycles. The second-order valence-corrected chi connectivity index (χ2v) is 7.51. The van der Waals surface area contributed by atoms with Crippen LogP contribution in [0, 0.1) is 0 Å². The molecule has 3 aromatic rings. The highest BCUT2D eigenvalue weighted by Crippen LogP contribution is 2.27. The van der Waals surface area contributed by atoms with Crippen LogP contribution in [0.1, 0.15) is 18.9 Å². The van der Waals surface area contributed by atoms with E-state index < -0.39 is 0 Å². The summed E-state index contributed by atoms with van der Waals surface area (Å²) in [7, 11) is 0. The summed E-state index contributed by atoms with van der Waals surface area (Å²) in [5, 5.41) is 9.86. The fraction of sp³-hybridized carbons (Fsp3) is 0.300. The molecule has 1 aliphatic rings. The van der Waals surface area contributed by atoms with Crippen LogP contribution < -0.4 is 4.90 Å². The Kier molecular flexibility index (Phi) is 5.34. The van der Waals surface area contributed by atoms with Gasteiger partial charge in [-0.1, -0.05) is 35.3 Å². The topological polar surface area (TPSA) is 45.4 Å². The van der Waals surface area contributed by atoms with Crippen molar-refractivity contribution < 1.29 is 4.42 Å². The van der Waals surface area contributed by atoms with E-state index in [2.05, 4.69) is 33.0 Å². The second kappa shape index (κ2) is 7.89. The number of benzene rings is 2. The van der Waals surface area contributed by atoms with Crippen molar-refractivity contribution in [3.05, 3.63) is 64.5 Å². The molecular weight excluding hydrogens is 383 g/mol. The van der Waals surface area contributed by atoms with E-state index in [0.717, 1.165) is 42.5 Å². The highest BCUT2D eigenvalue weighted by atomic mass is 35.5. The molecule has 5 nitrogen and oxygen atoms in total. The predicted molar refractivity (Wildman–Crippen MR) is 108 cm³/mol. The third-order valence-electron chi connectivity index (χ3n) is 4.90. The number of aromatic nitrogens is 2. The van der Waals surface area contributed by atoms with Gasteiger partial charge >= 0.3 is 0 Å². The van der Waals surface area contributed by atoms with E-state index in [1.165, 1.54) is 0 Å². The zero-order valence-electron chi connectivity index (χ0n) is 15.0. The first-order valence-electron chi connectivity index (χ1n) is 8.94. The second-order valence-electron chi connectivity index (χ2n) is 6.63. The minimum absolute atomic E-state index is 0.0620. The number of nitrogens with zero attached hydrogens (tertiary/aromatic N) is 4. The van der Waals surface area contributed by atoms with Crippen LogP contribution in [0.4, 0.5) is 5.69 Å². The normalized spacial score (nSPS) is 16.5. The van der Waals surface area contributed by atoms with Crippen molar-refractivity contribution in [2.45, 2.75) is 13.0 Å². The fourth-order valence-corrected chi connectivity index (χ4v) is 3.71. The lowest BCUT2D eigenvalue weighted by molar-refractivity contribution is 0.174. The Morgan fingerprint density at radius 3 is 2.33 bits per heavy atom. The molecule has 1 fully saturated rings. The van der Waals surface area contributed by atoms with Gasteiger partial charge in [-0.15, -0.1) is 10.2 Å². The van der Waals surface area contributed by atoms with Crippen molar-refractivity contribution in [1.82, 2.24) is 15.1 Å². The van der Waals surface area contributed by atoms with Gasteiger partial charge in [0.15, 0.2) is 0 Å². The summed E-state index contributed by atoms with van der Waals surface area (Å²) in [6.45, 7) is 5.80. The molecule has 1 aromatic heterocycles. The number of rotatable bonds is 4. The number of piperazine rings is 1. The summed E-state index contributed by atoms with van der Waals surface area (Å²) in [5.74, 6) is 1.12. The smallest absolute Gasteiger partial charge is 0.247 e. The van der Waals surface area contributed by atoms with Crippen LogP contribution in [0.2, 0.25) is 10.0 Å². The van der Waals surface area contributed by atoms with Gasteiger partial charge in [0.25, 0.3) is 0 Å². The van der Waals surface area contributed by atoms with E-state index in [9.17, 15) is 0 Å². The van der Waals surface area contributed by atoms with Crippen LogP contribution in [0.3, 0.4) is 0 Å².